The first-order valence-corrected chi connectivity index (χ1v) is 9.10. The van der Waals surface area contributed by atoms with Crippen LogP contribution >= 0.6 is 0 Å². The second kappa shape index (κ2) is 8.64. The highest BCUT2D eigenvalue weighted by Crippen LogP contribution is 2.47. The van der Waals surface area contributed by atoms with Gasteiger partial charge in [0.2, 0.25) is 0 Å². The number of amides is 3. The molecule has 0 saturated carbocycles. The molecule has 1 saturated heterocycles. The molecule has 1 fully saturated rings. The van der Waals surface area contributed by atoms with Gasteiger partial charge < -0.3 is 20.3 Å². The van der Waals surface area contributed by atoms with Crippen molar-refractivity contribution in [2.24, 2.45) is 0 Å². The van der Waals surface area contributed by atoms with Crippen LogP contribution in [0.25, 0.3) is 0 Å². The zero-order valence-corrected chi connectivity index (χ0v) is 16.8. The Balaban J connectivity index is 2.18. The molecule has 0 aromatic heterocycles. The first-order valence-electron chi connectivity index (χ1n) is 9.10. The summed E-state index contributed by atoms with van der Waals surface area (Å²) in [5.41, 5.74) is -5.30. The van der Waals surface area contributed by atoms with Gasteiger partial charge in [-0.05, 0) is 36.4 Å². The van der Waals surface area contributed by atoms with Gasteiger partial charge in [-0.2, -0.15) is 26.3 Å². The van der Waals surface area contributed by atoms with Crippen molar-refractivity contribution in [1.82, 2.24) is 5.32 Å². The molecular weight excluding hydrogens is 483 g/mol. The van der Waals surface area contributed by atoms with Crippen LogP contribution in [-0.2, 0) is 12.4 Å². The van der Waals surface area contributed by atoms with Gasteiger partial charge in [-0.25, -0.2) is 14.0 Å². The number of anilines is 2. The van der Waals surface area contributed by atoms with E-state index in [1.54, 1.807) is 5.32 Å². The molecular formula is C19H14F7N3O5. The topological polar surface area (TPSA) is 102 Å². The lowest BCUT2D eigenvalue weighted by atomic mass is 10.1. The van der Waals surface area contributed by atoms with Gasteiger partial charge in [0.25, 0.3) is 0 Å². The molecule has 0 bridgehead atoms. The number of rotatable bonds is 3. The van der Waals surface area contributed by atoms with Gasteiger partial charge in [0.1, 0.15) is 11.4 Å². The number of halogens is 7. The second-order valence-corrected chi connectivity index (χ2v) is 6.95. The summed E-state index contributed by atoms with van der Waals surface area (Å²) in [4.78, 5) is 25.2. The number of carbonyl (C=O) groups is 2. The number of hydrogen-bond acceptors (Lipinski definition) is 5. The highest BCUT2D eigenvalue weighted by atomic mass is 19.4. The molecule has 2 aromatic carbocycles. The lowest BCUT2D eigenvalue weighted by molar-refractivity contribution is -0.143. The third kappa shape index (κ3) is 4.84. The normalized spacial score (nSPS) is 18.6. The van der Waals surface area contributed by atoms with Crippen LogP contribution in [0.3, 0.4) is 0 Å². The van der Waals surface area contributed by atoms with E-state index in [1.165, 1.54) is 0 Å². The Morgan fingerprint density at radius 3 is 2.12 bits per heavy atom. The summed E-state index contributed by atoms with van der Waals surface area (Å²) in [6, 6.07) is 2.26. The largest absolute Gasteiger partial charge is 0.420 e. The Hall–Kier alpha value is -3.59. The number of hydrogen-bond donors (Lipinski definition) is 3. The summed E-state index contributed by atoms with van der Waals surface area (Å²) < 4.78 is 99.0. The molecule has 3 N–H and O–H groups in total. The van der Waals surface area contributed by atoms with Gasteiger partial charge in [-0.15, -0.1) is 0 Å². The van der Waals surface area contributed by atoms with E-state index in [0.29, 0.717) is 4.90 Å². The van der Waals surface area contributed by atoms with Crippen LogP contribution in [0.15, 0.2) is 36.4 Å². The summed E-state index contributed by atoms with van der Waals surface area (Å²) in [6.45, 7) is 0. The van der Waals surface area contributed by atoms with Gasteiger partial charge in [0.05, 0.1) is 11.3 Å². The standard InChI is InChI=1S/C19H14F7N3O5/c1-28(10-4-2-9(20)3-5-10)17(33)34-13-11(19(24,25)26)6-8(18(21,22)23)7-12(13)29-15(31)14(30)27-16(29)32/h2-7,14-15,30-31H,1H3,(H,27,32). The third-order valence-corrected chi connectivity index (χ3v) is 4.68. The fourth-order valence-electron chi connectivity index (χ4n) is 2.98. The fourth-order valence-corrected chi connectivity index (χ4v) is 2.98. The maximum absolute atomic E-state index is 13.7. The minimum absolute atomic E-state index is 0.0182. The molecule has 34 heavy (non-hydrogen) atoms. The minimum Gasteiger partial charge on any atom is -0.407 e. The van der Waals surface area contributed by atoms with Gasteiger partial charge in [-0.3, -0.25) is 9.80 Å². The van der Waals surface area contributed by atoms with E-state index in [-0.39, 0.29) is 22.7 Å². The molecule has 3 amide bonds. The van der Waals surface area contributed by atoms with E-state index >= 15 is 0 Å². The lowest BCUT2D eigenvalue weighted by Crippen LogP contribution is -2.38. The Labute approximate surface area is 185 Å². The molecule has 0 spiro atoms. The maximum atomic E-state index is 13.7. The van der Waals surface area contributed by atoms with Gasteiger partial charge in [0.15, 0.2) is 18.2 Å². The number of alkyl halides is 6. The van der Waals surface area contributed by atoms with Crippen molar-refractivity contribution < 1.29 is 55.3 Å². The summed E-state index contributed by atoms with van der Waals surface area (Å²) >= 11 is 0. The van der Waals surface area contributed by atoms with E-state index in [2.05, 4.69) is 0 Å². The van der Waals surface area contributed by atoms with Crippen molar-refractivity contribution in [2.45, 2.75) is 24.8 Å². The maximum Gasteiger partial charge on any atom is 0.420 e. The molecule has 8 nitrogen and oxygen atoms in total. The molecule has 0 radical (unpaired) electrons. The van der Waals surface area contributed by atoms with Gasteiger partial charge in [-0.1, -0.05) is 0 Å². The van der Waals surface area contributed by atoms with E-state index < -0.39 is 65.3 Å². The zero-order valence-electron chi connectivity index (χ0n) is 16.8. The van der Waals surface area contributed by atoms with Crippen LogP contribution in [0, 0.1) is 5.82 Å². The van der Waals surface area contributed by atoms with Crippen molar-refractivity contribution in [1.29, 1.82) is 0 Å². The van der Waals surface area contributed by atoms with Gasteiger partial charge >= 0.3 is 24.5 Å². The second-order valence-electron chi connectivity index (χ2n) is 6.95. The van der Waals surface area contributed by atoms with Crippen molar-refractivity contribution in [3.63, 3.8) is 0 Å². The first kappa shape index (κ1) is 25.0. The highest BCUT2D eigenvalue weighted by molar-refractivity contribution is 5.98. The Morgan fingerprint density at radius 1 is 1.06 bits per heavy atom. The van der Waals surface area contributed by atoms with Crippen LogP contribution in [-0.4, -0.2) is 41.8 Å². The zero-order chi connectivity index (χ0) is 25.6. The molecule has 15 heteroatoms. The van der Waals surface area contributed by atoms with Crippen molar-refractivity contribution in [2.75, 3.05) is 16.8 Å². The Kier molecular flexibility index (Phi) is 6.36. The summed E-state index contributed by atoms with van der Waals surface area (Å²) in [6.07, 6.45) is -16.8. The van der Waals surface area contributed by atoms with E-state index in [4.69, 9.17) is 4.74 Å². The smallest absolute Gasteiger partial charge is 0.407 e. The molecule has 2 aromatic rings. The summed E-state index contributed by atoms with van der Waals surface area (Å²) in [7, 11) is 1.02. The number of benzene rings is 2. The Morgan fingerprint density at radius 2 is 1.65 bits per heavy atom. The van der Waals surface area contributed by atoms with Crippen molar-refractivity contribution in [3.8, 4) is 5.75 Å². The number of nitrogens with zero attached hydrogens (tertiary/aromatic N) is 2. The average molecular weight is 497 g/mol. The molecule has 3 rings (SSSR count). The van der Waals surface area contributed by atoms with Crippen LogP contribution in [0.4, 0.5) is 51.7 Å². The molecule has 184 valence electrons. The lowest BCUT2D eigenvalue weighted by Gasteiger charge is -2.27. The minimum atomic E-state index is -5.51. The first-order chi connectivity index (χ1) is 15.6. The predicted molar refractivity (Wildman–Crippen MR) is 100 cm³/mol. The van der Waals surface area contributed by atoms with Crippen LogP contribution < -0.4 is 19.9 Å². The molecule has 1 aliphatic rings. The molecule has 2 unspecified atom stereocenters. The number of nitrogens with one attached hydrogen (secondary N) is 1. The van der Waals surface area contributed by atoms with E-state index in [0.717, 1.165) is 31.3 Å². The highest BCUT2D eigenvalue weighted by Gasteiger charge is 2.46. The summed E-state index contributed by atoms with van der Waals surface area (Å²) in [5.74, 6) is -2.23. The van der Waals surface area contributed by atoms with E-state index in [1.807, 2.05) is 0 Å². The van der Waals surface area contributed by atoms with Crippen LogP contribution in [0.5, 0.6) is 5.75 Å². The Bertz CT molecular complexity index is 1110. The summed E-state index contributed by atoms with van der Waals surface area (Å²) in [5, 5.41) is 21.3. The third-order valence-electron chi connectivity index (χ3n) is 4.68. The van der Waals surface area contributed by atoms with Crippen molar-refractivity contribution >= 4 is 23.5 Å². The monoisotopic (exact) mass is 497 g/mol. The van der Waals surface area contributed by atoms with Gasteiger partial charge in [0, 0.05) is 12.7 Å². The fraction of sp³-hybridized carbons (Fsp3) is 0.263. The number of ether oxygens (including phenoxy) is 1. The average Bonchev–Trinajstić information content (AvgIpc) is 2.97. The quantitative estimate of drug-likeness (QED) is 0.562. The predicted octanol–water partition coefficient (Wildman–Crippen LogP) is 3.66. The van der Waals surface area contributed by atoms with Crippen LogP contribution in [0.2, 0.25) is 0 Å². The van der Waals surface area contributed by atoms with Crippen molar-refractivity contribution in [3.05, 3.63) is 53.3 Å². The number of carbonyl (C=O) groups excluding carboxylic acids is 2. The number of urea groups is 1. The molecule has 1 heterocycles. The molecule has 2 atom stereocenters. The molecule has 0 aliphatic carbocycles. The van der Waals surface area contributed by atoms with E-state index in [9.17, 15) is 50.5 Å². The SMILES string of the molecule is CN(C(=O)Oc1c(N2C(=O)NC(O)C2O)cc(C(F)(F)F)cc1C(F)(F)F)c1ccc(F)cc1. The number of aliphatic hydroxyl groups excluding tert-OH is 2. The van der Waals surface area contributed by atoms with Crippen LogP contribution in [0.1, 0.15) is 11.1 Å². The number of aliphatic hydroxyl groups is 2. The molecule has 1 aliphatic heterocycles.